The highest BCUT2D eigenvalue weighted by atomic mass is 35.5. The van der Waals surface area contributed by atoms with Gasteiger partial charge in [0.1, 0.15) is 5.75 Å². The van der Waals surface area contributed by atoms with Crippen molar-refractivity contribution in [2.45, 2.75) is 4.90 Å². The van der Waals surface area contributed by atoms with E-state index in [1.807, 2.05) is 0 Å². The molecule has 0 aromatic heterocycles. The molecule has 0 radical (unpaired) electrons. The quantitative estimate of drug-likeness (QED) is 0.588. The fourth-order valence-corrected chi connectivity index (χ4v) is 3.15. The number of carbonyl (C=O) groups is 1. The minimum atomic E-state index is -3.80. The van der Waals surface area contributed by atoms with Crippen LogP contribution < -0.4 is 5.43 Å². The molecule has 0 saturated heterocycles. The smallest absolute Gasteiger partial charge is 0.255 e. The molecule has 0 saturated carbocycles. The molecule has 0 atom stereocenters. The van der Waals surface area contributed by atoms with Gasteiger partial charge >= 0.3 is 0 Å². The van der Waals surface area contributed by atoms with Gasteiger partial charge in [0.15, 0.2) is 0 Å². The Kier molecular flexibility index (Phi) is 6.13. The molecule has 0 aliphatic heterocycles. The normalized spacial score (nSPS) is 11.8. The summed E-state index contributed by atoms with van der Waals surface area (Å²) in [5.41, 5.74) is 2.82. The predicted octanol–water partition coefficient (Wildman–Crippen LogP) is 1.82. The Bertz CT molecular complexity index is 883. The molecule has 0 aliphatic rings. The molecule has 2 aromatic rings. The Morgan fingerprint density at radius 2 is 1.96 bits per heavy atom. The first-order chi connectivity index (χ1) is 11.8. The highest BCUT2D eigenvalue weighted by molar-refractivity contribution is 7.89. The maximum atomic E-state index is 12.3. The Morgan fingerprint density at radius 1 is 1.28 bits per heavy atom. The number of rotatable bonds is 6. The number of hydrogen-bond acceptors (Lipinski definition) is 5. The summed E-state index contributed by atoms with van der Waals surface area (Å²) >= 11 is 5.74. The van der Waals surface area contributed by atoms with E-state index in [4.69, 9.17) is 11.6 Å². The minimum Gasteiger partial charge on any atom is -0.508 e. The highest BCUT2D eigenvalue weighted by Crippen LogP contribution is 2.17. The van der Waals surface area contributed by atoms with Crippen LogP contribution in [0.2, 0.25) is 5.02 Å². The van der Waals surface area contributed by atoms with Crippen LogP contribution >= 0.6 is 11.6 Å². The van der Waals surface area contributed by atoms with Gasteiger partial charge in [-0.25, -0.2) is 13.8 Å². The number of likely N-dealkylation sites (N-methyl/N-ethyl adjacent to an activating group) is 1. The van der Waals surface area contributed by atoms with E-state index in [1.54, 1.807) is 12.1 Å². The molecule has 0 heterocycles. The molecule has 0 fully saturated rings. The highest BCUT2D eigenvalue weighted by Gasteiger charge is 2.22. The summed E-state index contributed by atoms with van der Waals surface area (Å²) in [7, 11) is -2.51. The van der Waals surface area contributed by atoms with Gasteiger partial charge < -0.3 is 5.11 Å². The number of hydrazone groups is 1. The van der Waals surface area contributed by atoms with E-state index in [2.05, 4.69) is 10.5 Å². The number of nitrogens with zero attached hydrogens (tertiary/aromatic N) is 2. The monoisotopic (exact) mass is 381 g/mol. The molecular weight excluding hydrogens is 366 g/mol. The van der Waals surface area contributed by atoms with Gasteiger partial charge in [-0.1, -0.05) is 23.7 Å². The van der Waals surface area contributed by atoms with E-state index < -0.39 is 22.5 Å². The lowest BCUT2D eigenvalue weighted by molar-refractivity contribution is -0.121. The van der Waals surface area contributed by atoms with Crippen LogP contribution in [0.3, 0.4) is 0 Å². The average Bonchev–Trinajstić information content (AvgIpc) is 2.55. The zero-order valence-corrected chi connectivity index (χ0v) is 14.8. The maximum absolute atomic E-state index is 12.3. The first kappa shape index (κ1) is 18.9. The van der Waals surface area contributed by atoms with Crippen molar-refractivity contribution >= 4 is 33.7 Å². The Balaban J connectivity index is 1.96. The summed E-state index contributed by atoms with van der Waals surface area (Å²) in [6.45, 7) is -0.400. The molecule has 0 unspecified atom stereocenters. The number of nitrogens with one attached hydrogen (secondary N) is 1. The van der Waals surface area contributed by atoms with Crippen LogP contribution in [0.4, 0.5) is 0 Å². The van der Waals surface area contributed by atoms with Gasteiger partial charge in [0.25, 0.3) is 5.91 Å². The van der Waals surface area contributed by atoms with Crippen molar-refractivity contribution in [2.24, 2.45) is 5.10 Å². The molecule has 0 spiro atoms. The molecule has 7 nitrogen and oxygen atoms in total. The zero-order chi connectivity index (χ0) is 18.4. The van der Waals surface area contributed by atoms with Crippen LogP contribution in [0, 0.1) is 0 Å². The summed E-state index contributed by atoms with van der Waals surface area (Å²) in [6, 6.07) is 11.9. The van der Waals surface area contributed by atoms with Gasteiger partial charge in [-0.3, -0.25) is 4.79 Å². The first-order valence-electron chi connectivity index (χ1n) is 7.12. The van der Waals surface area contributed by atoms with E-state index in [-0.39, 0.29) is 10.6 Å². The van der Waals surface area contributed by atoms with Crippen LogP contribution in [-0.4, -0.2) is 43.5 Å². The number of phenols is 1. The van der Waals surface area contributed by atoms with Gasteiger partial charge in [-0.2, -0.15) is 9.41 Å². The summed E-state index contributed by atoms with van der Waals surface area (Å²) in [5.74, 6) is -0.527. The van der Waals surface area contributed by atoms with E-state index in [9.17, 15) is 18.3 Å². The summed E-state index contributed by atoms with van der Waals surface area (Å²) in [4.78, 5) is 11.9. The Morgan fingerprint density at radius 3 is 2.60 bits per heavy atom. The molecule has 0 bridgehead atoms. The van der Waals surface area contributed by atoms with Crippen molar-refractivity contribution in [3.63, 3.8) is 0 Å². The van der Waals surface area contributed by atoms with Crippen LogP contribution in [0.5, 0.6) is 5.75 Å². The van der Waals surface area contributed by atoms with Gasteiger partial charge in [-0.15, -0.1) is 0 Å². The van der Waals surface area contributed by atoms with E-state index in [0.29, 0.717) is 10.6 Å². The lowest BCUT2D eigenvalue weighted by atomic mass is 10.2. The lowest BCUT2D eigenvalue weighted by Crippen LogP contribution is -2.36. The van der Waals surface area contributed by atoms with Crippen LogP contribution in [0.15, 0.2) is 58.5 Å². The van der Waals surface area contributed by atoms with Crippen LogP contribution in [0.1, 0.15) is 5.56 Å². The lowest BCUT2D eigenvalue weighted by Gasteiger charge is -2.16. The Hall–Kier alpha value is -2.42. The maximum Gasteiger partial charge on any atom is 0.255 e. The number of carbonyl (C=O) groups excluding carboxylic acids is 1. The second kappa shape index (κ2) is 8.11. The number of amides is 1. The van der Waals surface area contributed by atoms with Gasteiger partial charge in [0.05, 0.1) is 17.7 Å². The fourth-order valence-electron chi connectivity index (χ4n) is 1.89. The number of hydrogen-bond donors (Lipinski definition) is 2. The standard InChI is InChI=1S/C16H16ClN3O4S/c1-20(25(23,24)15-7-5-13(17)6-8-15)11-16(22)19-18-10-12-3-2-4-14(21)9-12/h2-10,21H,11H2,1H3,(H,19,22)/b18-10-. The SMILES string of the molecule is CN(CC(=O)N/N=C\c1cccc(O)c1)S(=O)(=O)c1ccc(Cl)cc1. The molecule has 2 aromatic carbocycles. The van der Waals surface area contributed by atoms with Crippen molar-refractivity contribution in [3.8, 4) is 5.75 Å². The van der Waals surface area contributed by atoms with Crippen LogP contribution in [-0.2, 0) is 14.8 Å². The molecule has 1 amide bonds. The number of sulfonamides is 1. The van der Waals surface area contributed by atoms with Gasteiger partial charge in [-0.05, 0) is 42.0 Å². The number of halogens is 1. The molecule has 2 rings (SSSR count). The third-order valence-electron chi connectivity index (χ3n) is 3.16. The second-order valence-corrected chi connectivity index (χ2v) is 7.58. The summed E-state index contributed by atoms with van der Waals surface area (Å²) in [6.07, 6.45) is 1.34. The van der Waals surface area contributed by atoms with Crippen molar-refractivity contribution in [1.82, 2.24) is 9.73 Å². The number of aromatic hydroxyl groups is 1. The molecule has 132 valence electrons. The summed E-state index contributed by atoms with van der Waals surface area (Å²) in [5, 5.41) is 13.5. The zero-order valence-electron chi connectivity index (χ0n) is 13.3. The topological polar surface area (TPSA) is 99.1 Å². The van der Waals surface area contributed by atoms with Crippen molar-refractivity contribution in [2.75, 3.05) is 13.6 Å². The van der Waals surface area contributed by atoms with Crippen molar-refractivity contribution < 1.29 is 18.3 Å². The van der Waals surface area contributed by atoms with Gasteiger partial charge in [0, 0.05) is 12.1 Å². The minimum absolute atomic E-state index is 0.0375. The predicted molar refractivity (Wildman–Crippen MR) is 95.1 cm³/mol. The number of phenolic OH excluding ortho intramolecular Hbond substituents is 1. The second-order valence-electron chi connectivity index (χ2n) is 5.10. The number of benzene rings is 2. The third kappa shape index (κ3) is 5.28. The Labute approximate surface area is 150 Å². The van der Waals surface area contributed by atoms with Gasteiger partial charge in [0.2, 0.25) is 10.0 Å². The molecule has 0 aliphatic carbocycles. The first-order valence-corrected chi connectivity index (χ1v) is 8.93. The largest absolute Gasteiger partial charge is 0.508 e. The molecule has 25 heavy (non-hydrogen) atoms. The third-order valence-corrected chi connectivity index (χ3v) is 5.23. The fraction of sp³-hybridized carbons (Fsp3) is 0.125. The summed E-state index contributed by atoms with van der Waals surface area (Å²) < 4.78 is 25.6. The molecular formula is C16H16ClN3O4S. The molecule has 2 N–H and O–H groups in total. The van der Waals surface area contributed by atoms with Crippen molar-refractivity contribution in [3.05, 3.63) is 59.1 Å². The van der Waals surface area contributed by atoms with E-state index in [1.165, 1.54) is 49.7 Å². The van der Waals surface area contributed by atoms with E-state index in [0.717, 1.165) is 4.31 Å². The average molecular weight is 382 g/mol. The van der Waals surface area contributed by atoms with E-state index >= 15 is 0 Å². The van der Waals surface area contributed by atoms with Crippen LogP contribution in [0.25, 0.3) is 0 Å². The van der Waals surface area contributed by atoms with Crippen molar-refractivity contribution in [1.29, 1.82) is 0 Å². The molecule has 9 heteroatoms.